The predicted octanol–water partition coefficient (Wildman–Crippen LogP) is -0.0278. The maximum atomic E-state index is 11.2. The van der Waals surface area contributed by atoms with Crippen LogP contribution in [0.1, 0.15) is 13.8 Å². The summed E-state index contributed by atoms with van der Waals surface area (Å²) in [4.78, 5) is 12.5. The molecule has 12 heavy (non-hydrogen) atoms. The summed E-state index contributed by atoms with van der Waals surface area (Å²) in [6.07, 6.45) is 0. The molecule has 1 atom stereocenters. The molecule has 5 heteroatoms. The molecule has 0 bridgehead atoms. The van der Waals surface area contributed by atoms with E-state index in [4.69, 9.17) is 11.1 Å². The Morgan fingerprint density at radius 3 is 2.58 bits per heavy atom. The van der Waals surface area contributed by atoms with Crippen LogP contribution in [0.15, 0.2) is 0 Å². The average molecular weight is 172 g/mol. The smallest absolute Gasteiger partial charge is 0.317 e. The number of likely N-dealkylation sites (N-methyl/N-ethyl adjacent to an activating group) is 1. The molecular formula is C7H16N4O. The van der Waals surface area contributed by atoms with Gasteiger partial charge < -0.3 is 16.0 Å². The first-order valence-electron chi connectivity index (χ1n) is 3.85. The highest BCUT2D eigenvalue weighted by Gasteiger charge is 2.16. The summed E-state index contributed by atoms with van der Waals surface area (Å²) in [7, 11) is 1.61. The van der Waals surface area contributed by atoms with Crippen LogP contribution < -0.4 is 11.1 Å². The van der Waals surface area contributed by atoms with E-state index >= 15 is 0 Å². The molecule has 0 aromatic carbocycles. The lowest BCUT2D eigenvalue weighted by molar-refractivity contribution is 0.205. The highest BCUT2D eigenvalue weighted by atomic mass is 16.2. The molecule has 0 radical (unpaired) electrons. The second-order valence-corrected chi connectivity index (χ2v) is 2.58. The first kappa shape index (κ1) is 10.7. The number of amides is 2. The third-order valence-electron chi connectivity index (χ3n) is 1.68. The van der Waals surface area contributed by atoms with Crippen molar-refractivity contribution in [3.05, 3.63) is 0 Å². The van der Waals surface area contributed by atoms with Crippen molar-refractivity contribution in [3.63, 3.8) is 0 Å². The fourth-order valence-electron chi connectivity index (χ4n) is 0.660. The molecule has 4 N–H and O–H groups in total. The Kier molecular flexibility index (Phi) is 4.10. The number of carbonyl (C=O) groups excluding carboxylic acids is 1. The zero-order valence-electron chi connectivity index (χ0n) is 7.72. The van der Waals surface area contributed by atoms with Crippen molar-refractivity contribution in [2.24, 2.45) is 5.73 Å². The number of amidine groups is 1. The van der Waals surface area contributed by atoms with Gasteiger partial charge in [0, 0.05) is 13.6 Å². The molecule has 0 aliphatic heterocycles. The lowest BCUT2D eigenvalue weighted by Gasteiger charge is -2.23. The molecule has 0 saturated heterocycles. The minimum Gasteiger partial charge on any atom is -0.386 e. The first-order chi connectivity index (χ1) is 5.50. The molecule has 1 unspecified atom stereocenters. The van der Waals surface area contributed by atoms with Crippen molar-refractivity contribution in [3.8, 4) is 0 Å². The van der Waals surface area contributed by atoms with Gasteiger partial charge in [0.2, 0.25) is 0 Å². The van der Waals surface area contributed by atoms with Crippen molar-refractivity contribution in [1.29, 1.82) is 5.41 Å². The van der Waals surface area contributed by atoms with Crippen LogP contribution in [0.4, 0.5) is 4.79 Å². The van der Waals surface area contributed by atoms with Gasteiger partial charge in [-0.3, -0.25) is 5.41 Å². The average Bonchev–Trinajstić information content (AvgIpc) is 2.02. The second kappa shape index (κ2) is 4.58. The number of hydrogen-bond donors (Lipinski definition) is 3. The summed E-state index contributed by atoms with van der Waals surface area (Å²) in [6.45, 7) is 4.12. The number of carbonyl (C=O) groups is 1. The molecule has 0 saturated carbocycles. The Balaban J connectivity index is 4.09. The zero-order valence-corrected chi connectivity index (χ0v) is 7.72. The van der Waals surface area contributed by atoms with Crippen molar-refractivity contribution in [2.45, 2.75) is 19.9 Å². The normalized spacial score (nSPS) is 11.9. The van der Waals surface area contributed by atoms with Gasteiger partial charge in [0.25, 0.3) is 0 Å². The van der Waals surface area contributed by atoms with E-state index in [0.29, 0.717) is 6.54 Å². The Hall–Kier alpha value is -1.26. The van der Waals surface area contributed by atoms with Crippen LogP contribution in [0.25, 0.3) is 0 Å². The lowest BCUT2D eigenvalue weighted by atomic mass is 10.3. The van der Waals surface area contributed by atoms with Gasteiger partial charge in [0.1, 0.15) is 5.84 Å². The second-order valence-electron chi connectivity index (χ2n) is 2.58. The van der Waals surface area contributed by atoms with Crippen LogP contribution in [0.5, 0.6) is 0 Å². The first-order valence-corrected chi connectivity index (χ1v) is 3.85. The molecule has 0 rings (SSSR count). The Morgan fingerprint density at radius 1 is 1.75 bits per heavy atom. The molecular weight excluding hydrogens is 156 g/mol. The fourth-order valence-corrected chi connectivity index (χ4v) is 0.660. The third-order valence-corrected chi connectivity index (χ3v) is 1.68. The summed E-state index contributed by atoms with van der Waals surface area (Å²) >= 11 is 0. The zero-order chi connectivity index (χ0) is 9.72. The Morgan fingerprint density at radius 2 is 2.25 bits per heavy atom. The number of nitrogens with two attached hydrogens (primary N) is 1. The molecule has 0 aromatic heterocycles. The van der Waals surface area contributed by atoms with Crippen LogP contribution in [0, 0.1) is 5.41 Å². The van der Waals surface area contributed by atoms with E-state index in [0.717, 1.165) is 0 Å². The van der Waals surface area contributed by atoms with Crippen LogP contribution in [-0.4, -0.2) is 36.4 Å². The molecule has 0 spiro atoms. The van der Waals surface area contributed by atoms with Crippen molar-refractivity contribution in [1.82, 2.24) is 10.2 Å². The van der Waals surface area contributed by atoms with Gasteiger partial charge >= 0.3 is 6.03 Å². The number of rotatable bonds is 3. The predicted molar refractivity (Wildman–Crippen MR) is 48.2 cm³/mol. The van der Waals surface area contributed by atoms with E-state index in [1.165, 1.54) is 4.90 Å². The largest absolute Gasteiger partial charge is 0.386 e. The lowest BCUT2D eigenvalue weighted by Crippen LogP contribution is -2.47. The van der Waals surface area contributed by atoms with Crippen LogP contribution in [0.2, 0.25) is 0 Å². The van der Waals surface area contributed by atoms with Gasteiger partial charge in [-0.15, -0.1) is 0 Å². The maximum Gasteiger partial charge on any atom is 0.317 e. The van der Waals surface area contributed by atoms with Crippen LogP contribution >= 0.6 is 0 Å². The number of urea groups is 1. The minimum absolute atomic E-state index is 0.0104. The summed E-state index contributed by atoms with van der Waals surface area (Å²) in [5, 5.41) is 9.73. The van der Waals surface area contributed by atoms with Gasteiger partial charge in [-0.1, -0.05) is 0 Å². The molecule has 0 aliphatic rings. The summed E-state index contributed by atoms with van der Waals surface area (Å²) in [5.74, 6) is -0.0104. The van der Waals surface area contributed by atoms with Gasteiger partial charge in [-0.25, -0.2) is 4.79 Å². The molecule has 0 aliphatic carbocycles. The molecule has 2 amide bonds. The minimum atomic E-state index is -0.350. The third kappa shape index (κ3) is 2.77. The molecule has 0 fully saturated rings. The van der Waals surface area contributed by atoms with Crippen LogP contribution in [0.3, 0.4) is 0 Å². The SMILES string of the molecule is CCNC(=O)N(C)C(C)C(=N)N. The Labute approximate surface area is 72.4 Å². The van der Waals surface area contributed by atoms with Gasteiger partial charge in [-0.2, -0.15) is 0 Å². The molecule has 0 aromatic rings. The molecule has 70 valence electrons. The van der Waals surface area contributed by atoms with E-state index in [2.05, 4.69) is 5.32 Å². The van der Waals surface area contributed by atoms with Crippen molar-refractivity contribution < 1.29 is 4.79 Å². The Bertz CT molecular complexity index is 180. The number of hydrogen-bond acceptors (Lipinski definition) is 2. The standard InChI is InChI=1S/C7H16N4O/c1-4-10-7(12)11(3)5(2)6(8)9/h5H,4H2,1-3H3,(H3,8,9)(H,10,12). The van der Waals surface area contributed by atoms with Gasteiger partial charge in [0.15, 0.2) is 0 Å². The summed E-state index contributed by atoms with van der Waals surface area (Å²) in [6, 6.07) is -0.559. The highest BCUT2D eigenvalue weighted by Crippen LogP contribution is 1.94. The van der Waals surface area contributed by atoms with Crippen molar-refractivity contribution >= 4 is 11.9 Å². The van der Waals surface area contributed by atoms with E-state index in [-0.39, 0.29) is 17.9 Å². The van der Waals surface area contributed by atoms with Crippen molar-refractivity contribution in [2.75, 3.05) is 13.6 Å². The quantitative estimate of drug-likeness (QED) is 0.413. The number of nitrogens with one attached hydrogen (secondary N) is 2. The van der Waals surface area contributed by atoms with E-state index in [1.54, 1.807) is 14.0 Å². The fraction of sp³-hybridized carbons (Fsp3) is 0.714. The van der Waals surface area contributed by atoms with E-state index < -0.39 is 0 Å². The van der Waals surface area contributed by atoms with Gasteiger partial charge in [-0.05, 0) is 13.8 Å². The molecule has 0 heterocycles. The van der Waals surface area contributed by atoms with Crippen LogP contribution in [-0.2, 0) is 0 Å². The van der Waals surface area contributed by atoms with E-state index in [1.807, 2.05) is 6.92 Å². The summed E-state index contributed by atoms with van der Waals surface area (Å²) < 4.78 is 0. The monoisotopic (exact) mass is 172 g/mol. The van der Waals surface area contributed by atoms with Gasteiger partial charge in [0.05, 0.1) is 6.04 Å². The number of nitrogens with zero attached hydrogens (tertiary/aromatic N) is 1. The maximum absolute atomic E-state index is 11.2. The van der Waals surface area contributed by atoms with E-state index in [9.17, 15) is 4.79 Å². The highest BCUT2D eigenvalue weighted by molar-refractivity contribution is 5.87. The topological polar surface area (TPSA) is 82.2 Å². The molecule has 5 nitrogen and oxygen atoms in total. The summed E-state index contributed by atoms with van der Waals surface area (Å²) in [5.41, 5.74) is 5.23.